The smallest absolute Gasteiger partial charge is 0.337 e. The van der Waals surface area contributed by atoms with Gasteiger partial charge >= 0.3 is 11.9 Å². The minimum absolute atomic E-state index is 0.202. The number of carbonyl (C=O) groups is 2. The average molecular weight is 376 g/mol. The van der Waals surface area contributed by atoms with Crippen molar-refractivity contribution in [3.63, 3.8) is 0 Å². The van der Waals surface area contributed by atoms with Crippen LogP contribution < -0.4 is 10.6 Å². The van der Waals surface area contributed by atoms with Gasteiger partial charge in [0.1, 0.15) is 0 Å². The molecule has 3 aromatic carbocycles. The SMILES string of the molecule is Cc1ccc(Nc2ccc(Nc3ccc(C)cc3C(=O)O)cc2)c(C(=O)O)c1. The first kappa shape index (κ1) is 19.0. The van der Waals surface area contributed by atoms with Crippen molar-refractivity contribution in [2.24, 2.45) is 0 Å². The van der Waals surface area contributed by atoms with Crippen LogP contribution in [0.4, 0.5) is 22.7 Å². The summed E-state index contributed by atoms with van der Waals surface area (Å²) in [5.74, 6) is -1.99. The minimum Gasteiger partial charge on any atom is -0.478 e. The molecule has 0 atom stereocenters. The molecule has 0 fully saturated rings. The van der Waals surface area contributed by atoms with Crippen LogP contribution in [0.15, 0.2) is 60.7 Å². The minimum atomic E-state index is -0.995. The summed E-state index contributed by atoms with van der Waals surface area (Å²) in [6.07, 6.45) is 0. The molecule has 142 valence electrons. The molecule has 0 aromatic heterocycles. The number of carboxylic acids is 2. The normalized spacial score (nSPS) is 10.4. The zero-order chi connectivity index (χ0) is 20.3. The highest BCUT2D eigenvalue weighted by Gasteiger charge is 2.12. The van der Waals surface area contributed by atoms with Crippen LogP contribution in [0, 0.1) is 13.8 Å². The Morgan fingerprint density at radius 1 is 0.643 bits per heavy atom. The molecule has 4 N–H and O–H groups in total. The number of aromatic carboxylic acids is 2. The Hall–Kier alpha value is -3.80. The van der Waals surface area contributed by atoms with E-state index in [2.05, 4.69) is 10.6 Å². The maximum atomic E-state index is 11.4. The van der Waals surface area contributed by atoms with Gasteiger partial charge in [0.05, 0.1) is 22.5 Å². The quantitative estimate of drug-likeness (QED) is 0.473. The monoisotopic (exact) mass is 376 g/mol. The molecule has 6 heteroatoms. The molecule has 3 aromatic rings. The Morgan fingerprint density at radius 2 is 1.00 bits per heavy atom. The predicted molar refractivity (Wildman–Crippen MR) is 109 cm³/mol. The van der Waals surface area contributed by atoms with Crippen LogP contribution in [0.1, 0.15) is 31.8 Å². The van der Waals surface area contributed by atoms with Crippen molar-refractivity contribution in [3.05, 3.63) is 82.9 Å². The van der Waals surface area contributed by atoms with Crippen LogP contribution in [-0.2, 0) is 0 Å². The summed E-state index contributed by atoms with van der Waals surface area (Å²) in [4.78, 5) is 22.9. The number of anilines is 4. The Bertz CT molecular complexity index is 958. The van der Waals surface area contributed by atoms with Gasteiger partial charge in [-0.3, -0.25) is 0 Å². The summed E-state index contributed by atoms with van der Waals surface area (Å²) < 4.78 is 0. The molecule has 6 nitrogen and oxygen atoms in total. The predicted octanol–water partition coefficient (Wildman–Crippen LogP) is 5.19. The number of aryl methyl sites for hydroxylation is 2. The van der Waals surface area contributed by atoms with Crippen LogP contribution in [0.5, 0.6) is 0 Å². The molecule has 0 aliphatic heterocycles. The van der Waals surface area contributed by atoms with Crippen molar-refractivity contribution in [1.82, 2.24) is 0 Å². The van der Waals surface area contributed by atoms with Crippen molar-refractivity contribution in [2.45, 2.75) is 13.8 Å². The van der Waals surface area contributed by atoms with Crippen molar-refractivity contribution >= 4 is 34.7 Å². The maximum absolute atomic E-state index is 11.4. The van der Waals surface area contributed by atoms with Gasteiger partial charge < -0.3 is 20.8 Å². The van der Waals surface area contributed by atoms with E-state index in [1.807, 2.05) is 26.0 Å². The number of nitrogens with one attached hydrogen (secondary N) is 2. The van der Waals surface area contributed by atoms with Gasteiger partial charge in [-0.05, 0) is 62.4 Å². The summed E-state index contributed by atoms with van der Waals surface area (Å²) in [5.41, 5.74) is 4.60. The van der Waals surface area contributed by atoms with Gasteiger partial charge in [0.2, 0.25) is 0 Å². The zero-order valence-electron chi connectivity index (χ0n) is 15.5. The van der Waals surface area contributed by atoms with E-state index < -0.39 is 11.9 Å². The van der Waals surface area contributed by atoms with Gasteiger partial charge in [-0.15, -0.1) is 0 Å². The van der Waals surface area contributed by atoms with E-state index >= 15 is 0 Å². The van der Waals surface area contributed by atoms with E-state index in [1.165, 1.54) is 0 Å². The first-order valence-corrected chi connectivity index (χ1v) is 8.65. The molecular weight excluding hydrogens is 356 g/mol. The molecule has 28 heavy (non-hydrogen) atoms. The number of hydrogen-bond donors (Lipinski definition) is 4. The molecule has 0 radical (unpaired) electrons. The molecule has 0 unspecified atom stereocenters. The number of hydrogen-bond acceptors (Lipinski definition) is 4. The summed E-state index contributed by atoms with van der Waals surface area (Å²) >= 11 is 0. The van der Waals surface area contributed by atoms with Gasteiger partial charge in [0.15, 0.2) is 0 Å². The Morgan fingerprint density at radius 3 is 1.32 bits per heavy atom. The molecule has 0 saturated heterocycles. The fourth-order valence-electron chi connectivity index (χ4n) is 2.84. The van der Waals surface area contributed by atoms with Crippen molar-refractivity contribution < 1.29 is 19.8 Å². The lowest BCUT2D eigenvalue weighted by Crippen LogP contribution is -2.04. The summed E-state index contributed by atoms with van der Waals surface area (Å²) in [7, 11) is 0. The first-order chi connectivity index (χ1) is 13.3. The zero-order valence-corrected chi connectivity index (χ0v) is 15.5. The topological polar surface area (TPSA) is 98.7 Å². The van der Waals surface area contributed by atoms with Gasteiger partial charge in [-0.25, -0.2) is 9.59 Å². The third-order valence-electron chi connectivity index (χ3n) is 4.25. The average Bonchev–Trinajstić information content (AvgIpc) is 2.65. The Balaban J connectivity index is 1.80. The number of carboxylic acid groups (broad SMARTS) is 2. The standard InChI is InChI=1S/C22H20N2O4/c1-13-3-9-19(17(11-13)21(25)26)23-15-5-7-16(8-6-15)24-20-10-4-14(2)12-18(20)22(27)28/h3-12,23-24H,1-2H3,(H,25,26)(H,27,28). The van der Waals surface area contributed by atoms with E-state index in [-0.39, 0.29) is 11.1 Å². The molecule has 0 aliphatic rings. The largest absolute Gasteiger partial charge is 0.478 e. The lowest BCUT2D eigenvalue weighted by molar-refractivity contribution is 0.0687. The highest BCUT2D eigenvalue weighted by atomic mass is 16.4. The molecular formula is C22H20N2O4. The van der Waals surface area contributed by atoms with Gasteiger partial charge in [0.25, 0.3) is 0 Å². The highest BCUT2D eigenvalue weighted by Crippen LogP contribution is 2.26. The van der Waals surface area contributed by atoms with Crippen LogP contribution in [0.2, 0.25) is 0 Å². The van der Waals surface area contributed by atoms with Gasteiger partial charge in [-0.2, -0.15) is 0 Å². The highest BCUT2D eigenvalue weighted by molar-refractivity contribution is 5.96. The fraction of sp³-hybridized carbons (Fsp3) is 0.0909. The maximum Gasteiger partial charge on any atom is 0.337 e. The van der Waals surface area contributed by atoms with E-state index in [0.717, 1.165) is 22.5 Å². The van der Waals surface area contributed by atoms with E-state index in [4.69, 9.17) is 0 Å². The third-order valence-corrected chi connectivity index (χ3v) is 4.25. The van der Waals surface area contributed by atoms with Gasteiger partial charge in [0, 0.05) is 11.4 Å². The summed E-state index contributed by atoms with van der Waals surface area (Å²) in [5, 5.41) is 25.0. The lowest BCUT2D eigenvalue weighted by Gasteiger charge is -2.13. The van der Waals surface area contributed by atoms with Crippen molar-refractivity contribution in [3.8, 4) is 0 Å². The van der Waals surface area contributed by atoms with Gasteiger partial charge in [-0.1, -0.05) is 23.3 Å². The van der Waals surface area contributed by atoms with Crippen molar-refractivity contribution in [1.29, 1.82) is 0 Å². The summed E-state index contributed by atoms with van der Waals surface area (Å²) in [6.45, 7) is 3.68. The fourth-order valence-corrected chi connectivity index (χ4v) is 2.84. The second-order valence-corrected chi connectivity index (χ2v) is 6.54. The lowest BCUT2D eigenvalue weighted by atomic mass is 10.1. The Labute approximate surface area is 162 Å². The van der Waals surface area contributed by atoms with Crippen LogP contribution in [0.3, 0.4) is 0 Å². The third kappa shape index (κ3) is 4.29. The second kappa shape index (κ2) is 7.84. The second-order valence-electron chi connectivity index (χ2n) is 6.54. The molecule has 3 rings (SSSR count). The summed E-state index contributed by atoms with van der Waals surface area (Å²) in [6, 6.07) is 17.6. The molecule has 0 aliphatic carbocycles. The molecule has 0 heterocycles. The number of benzene rings is 3. The molecule has 0 spiro atoms. The first-order valence-electron chi connectivity index (χ1n) is 8.65. The Kier molecular flexibility index (Phi) is 5.31. The molecule has 0 saturated carbocycles. The molecule has 0 bridgehead atoms. The van der Waals surface area contributed by atoms with E-state index in [1.54, 1.807) is 48.5 Å². The molecule has 0 amide bonds. The van der Waals surface area contributed by atoms with E-state index in [9.17, 15) is 19.8 Å². The number of rotatable bonds is 6. The van der Waals surface area contributed by atoms with Crippen LogP contribution >= 0.6 is 0 Å². The van der Waals surface area contributed by atoms with Crippen LogP contribution in [-0.4, -0.2) is 22.2 Å². The van der Waals surface area contributed by atoms with E-state index in [0.29, 0.717) is 11.4 Å². The van der Waals surface area contributed by atoms with Crippen LogP contribution in [0.25, 0.3) is 0 Å². The van der Waals surface area contributed by atoms with Crippen molar-refractivity contribution in [2.75, 3.05) is 10.6 Å².